The maximum absolute atomic E-state index is 4.37. The third-order valence-electron chi connectivity index (χ3n) is 2.53. The van der Waals surface area contributed by atoms with E-state index in [1.54, 1.807) is 0 Å². The molecule has 1 unspecified atom stereocenters. The third-order valence-corrected chi connectivity index (χ3v) is 2.53. The Hall–Kier alpha value is -0.830. The average molecular weight is 209 g/mol. The minimum Gasteiger partial charge on any atom is -0.338 e. The minimum atomic E-state index is 0.210. The van der Waals surface area contributed by atoms with Gasteiger partial charge in [0.25, 0.3) is 0 Å². The molecule has 0 aliphatic carbocycles. The topological polar surface area (TPSA) is 29.9 Å². The standard InChI is InChI=1S/C12H23N3/c1-10(6-7-14-12(2,3)4)11-13-8-9-15(11)5/h8-10,14H,6-7H2,1-5H3. The molecule has 0 fully saturated rings. The van der Waals surface area contributed by atoms with Gasteiger partial charge in [0.05, 0.1) is 0 Å². The largest absolute Gasteiger partial charge is 0.338 e. The first-order valence-electron chi connectivity index (χ1n) is 5.62. The lowest BCUT2D eigenvalue weighted by Gasteiger charge is -2.21. The van der Waals surface area contributed by atoms with Gasteiger partial charge in [-0.2, -0.15) is 0 Å². The lowest BCUT2D eigenvalue weighted by Crippen LogP contribution is -2.36. The summed E-state index contributed by atoms with van der Waals surface area (Å²) in [5, 5.41) is 3.50. The second-order valence-corrected chi connectivity index (χ2v) is 5.26. The summed E-state index contributed by atoms with van der Waals surface area (Å²) in [7, 11) is 2.05. The van der Waals surface area contributed by atoms with Crippen molar-refractivity contribution in [1.82, 2.24) is 14.9 Å². The first-order chi connectivity index (χ1) is 6.90. The zero-order valence-electron chi connectivity index (χ0n) is 10.5. The van der Waals surface area contributed by atoms with E-state index in [0.717, 1.165) is 13.0 Å². The van der Waals surface area contributed by atoms with Crippen molar-refractivity contribution in [2.45, 2.75) is 45.6 Å². The number of nitrogens with zero attached hydrogens (tertiary/aromatic N) is 2. The molecule has 86 valence electrons. The van der Waals surface area contributed by atoms with Crippen LogP contribution in [0.2, 0.25) is 0 Å². The molecule has 0 amide bonds. The van der Waals surface area contributed by atoms with E-state index in [9.17, 15) is 0 Å². The summed E-state index contributed by atoms with van der Waals surface area (Å²) in [5.41, 5.74) is 0.210. The summed E-state index contributed by atoms with van der Waals surface area (Å²) in [6, 6.07) is 0. The van der Waals surface area contributed by atoms with Gasteiger partial charge in [-0.25, -0.2) is 4.98 Å². The highest BCUT2D eigenvalue weighted by atomic mass is 15.0. The van der Waals surface area contributed by atoms with Crippen molar-refractivity contribution in [1.29, 1.82) is 0 Å². The van der Waals surface area contributed by atoms with E-state index in [4.69, 9.17) is 0 Å². The van der Waals surface area contributed by atoms with Gasteiger partial charge >= 0.3 is 0 Å². The van der Waals surface area contributed by atoms with Gasteiger partial charge in [0, 0.05) is 30.9 Å². The van der Waals surface area contributed by atoms with E-state index in [0.29, 0.717) is 5.92 Å². The number of aromatic nitrogens is 2. The summed E-state index contributed by atoms with van der Waals surface area (Å²) in [6.07, 6.45) is 4.99. The Kier molecular flexibility index (Phi) is 3.91. The molecule has 0 radical (unpaired) electrons. The van der Waals surface area contributed by atoms with Crippen molar-refractivity contribution < 1.29 is 0 Å². The molecule has 1 aromatic heterocycles. The number of hydrogen-bond acceptors (Lipinski definition) is 2. The fourth-order valence-corrected chi connectivity index (χ4v) is 1.64. The molecule has 0 aliphatic heterocycles. The van der Waals surface area contributed by atoms with Crippen molar-refractivity contribution in [3.8, 4) is 0 Å². The normalized spacial score (nSPS) is 14.2. The Balaban J connectivity index is 2.37. The molecule has 0 saturated carbocycles. The molecule has 3 heteroatoms. The van der Waals surface area contributed by atoms with Gasteiger partial charge in [0.2, 0.25) is 0 Å². The van der Waals surface area contributed by atoms with Crippen LogP contribution < -0.4 is 5.32 Å². The van der Waals surface area contributed by atoms with Crippen LogP contribution >= 0.6 is 0 Å². The van der Waals surface area contributed by atoms with Crippen LogP contribution in [0.4, 0.5) is 0 Å². The predicted molar refractivity (Wildman–Crippen MR) is 64.0 cm³/mol. The van der Waals surface area contributed by atoms with Crippen LogP contribution in [0.15, 0.2) is 12.4 Å². The predicted octanol–water partition coefficient (Wildman–Crippen LogP) is 2.30. The molecule has 0 spiro atoms. The maximum Gasteiger partial charge on any atom is 0.111 e. The minimum absolute atomic E-state index is 0.210. The molecule has 0 aliphatic rings. The molecule has 1 atom stereocenters. The monoisotopic (exact) mass is 209 g/mol. The van der Waals surface area contributed by atoms with E-state index in [1.807, 2.05) is 12.4 Å². The Morgan fingerprint density at radius 2 is 2.13 bits per heavy atom. The molecule has 0 aromatic carbocycles. The van der Waals surface area contributed by atoms with Crippen LogP contribution in [0.3, 0.4) is 0 Å². The zero-order valence-corrected chi connectivity index (χ0v) is 10.5. The van der Waals surface area contributed by atoms with Gasteiger partial charge in [-0.15, -0.1) is 0 Å². The van der Waals surface area contributed by atoms with Crippen LogP contribution in [0.1, 0.15) is 45.9 Å². The highest BCUT2D eigenvalue weighted by Crippen LogP contribution is 2.15. The zero-order chi connectivity index (χ0) is 11.5. The quantitative estimate of drug-likeness (QED) is 0.824. The van der Waals surface area contributed by atoms with Crippen LogP contribution in [0.25, 0.3) is 0 Å². The smallest absolute Gasteiger partial charge is 0.111 e. The van der Waals surface area contributed by atoms with E-state index in [2.05, 4.69) is 49.6 Å². The maximum atomic E-state index is 4.37. The average Bonchev–Trinajstić information content (AvgIpc) is 2.48. The highest BCUT2D eigenvalue weighted by molar-refractivity contribution is 4.98. The number of hydrogen-bond donors (Lipinski definition) is 1. The molecule has 1 heterocycles. The Morgan fingerprint density at radius 1 is 1.47 bits per heavy atom. The summed E-state index contributed by atoms with van der Waals surface area (Å²) < 4.78 is 2.10. The fraction of sp³-hybridized carbons (Fsp3) is 0.750. The van der Waals surface area contributed by atoms with E-state index >= 15 is 0 Å². The highest BCUT2D eigenvalue weighted by Gasteiger charge is 2.12. The lowest BCUT2D eigenvalue weighted by atomic mass is 10.1. The Morgan fingerprint density at radius 3 is 2.60 bits per heavy atom. The number of imidazole rings is 1. The van der Waals surface area contributed by atoms with Crippen molar-refractivity contribution in [3.05, 3.63) is 18.2 Å². The summed E-state index contributed by atoms with van der Waals surface area (Å²) in [5.74, 6) is 1.69. The summed E-state index contributed by atoms with van der Waals surface area (Å²) in [6.45, 7) is 9.85. The van der Waals surface area contributed by atoms with Crippen molar-refractivity contribution in [2.75, 3.05) is 6.54 Å². The number of rotatable bonds is 4. The molecular weight excluding hydrogens is 186 g/mol. The van der Waals surface area contributed by atoms with Crippen LogP contribution in [-0.4, -0.2) is 21.6 Å². The third kappa shape index (κ3) is 4.04. The molecule has 0 bridgehead atoms. The van der Waals surface area contributed by atoms with Gasteiger partial charge in [-0.3, -0.25) is 0 Å². The molecule has 1 aromatic rings. The molecule has 1 rings (SSSR count). The van der Waals surface area contributed by atoms with E-state index in [-0.39, 0.29) is 5.54 Å². The second kappa shape index (κ2) is 4.79. The fourth-order valence-electron chi connectivity index (χ4n) is 1.64. The molecule has 15 heavy (non-hydrogen) atoms. The molecule has 1 N–H and O–H groups in total. The van der Waals surface area contributed by atoms with E-state index in [1.165, 1.54) is 5.82 Å². The van der Waals surface area contributed by atoms with Gasteiger partial charge in [-0.1, -0.05) is 6.92 Å². The van der Waals surface area contributed by atoms with Gasteiger partial charge in [0.1, 0.15) is 5.82 Å². The van der Waals surface area contributed by atoms with Crippen LogP contribution in [0.5, 0.6) is 0 Å². The Bertz CT molecular complexity index is 296. The van der Waals surface area contributed by atoms with Crippen molar-refractivity contribution in [3.63, 3.8) is 0 Å². The first kappa shape index (κ1) is 12.2. The number of nitrogens with one attached hydrogen (secondary N) is 1. The lowest BCUT2D eigenvalue weighted by molar-refractivity contribution is 0.410. The first-order valence-corrected chi connectivity index (χ1v) is 5.62. The summed E-state index contributed by atoms with van der Waals surface area (Å²) in [4.78, 5) is 4.37. The number of aryl methyl sites for hydroxylation is 1. The van der Waals surface area contributed by atoms with Crippen molar-refractivity contribution in [2.24, 2.45) is 7.05 Å². The van der Waals surface area contributed by atoms with Crippen LogP contribution in [0, 0.1) is 0 Å². The second-order valence-electron chi connectivity index (χ2n) is 5.26. The molecule has 0 saturated heterocycles. The molecule has 3 nitrogen and oxygen atoms in total. The molecular formula is C12H23N3. The van der Waals surface area contributed by atoms with Crippen molar-refractivity contribution >= 4 is 0 Å². The van der Waals surface area contributed by atoms with Gasteiger partial charge in [0.15, 0.2) is 0 Å². The Labute approximate surface area is 92.9 Å². The summed E-state index contributed by atoms with van der Waals surface area (Å²) >= 11 is 0. The van der Waals surface area contributed by atoms with Gasteiger partial charge < -0.3 is 9.88 Å². The SMILES string of the molecule is CC(CCNC(C)(C)C)c1nccn1C. The van der Waals surface area contributed by atoms with Crippen LogP contribution in [-0.2, 0) is 7.05 Å². The van der Waals surface area contributed by atoms with E-state index < -0.39 is 0 Å². The van der Waals surface area contributed by atoms with Gasteiger partial charge in [-0.05, 0) is 33.7 Å².